The highest BCUT2D eigenvalue weighted by atomic mass is 32.2. The SMILES string of the molecule is Nc1ccc(SC=CC(=O)O)cc1. The third kappa shape index (κ3) is 3.66. The smallest absolute Gasteiger partial charge is 0.328 e. The van der Waals surface area contributed by atoms with Gasteiger partial charge in [-0.15, -0.1) is 0 Å². The van der Waals surface area contributed by atoms with Crippen molar-refractivity contribution < 1.29 is 9.90 Å². The minimum absolute atomic E-state index is 0.701. The zero-order valence-corrected chi connectivity index (χ0v) is 7.62. The predicted octanol–water partition coefficient (Wildman–Crippen LogP) is 1.96. The fraction of sp³-hybridized carbons (Fsp3) is 0. The lowest BCUT2D eigenvalue weighted by Gasteiger charge is -1.95. The van der Waals surface area contributed by atoms with Gasteiger partial charge in [0.2, 0.25) is 0 Å². The molecule has 1 aromatic rings. The summed E-state index contributed by atoms with van der Waals surface area (Å²) in [7, 11) is 0. The molecule has 0 radical (unpaired) electrons. The van der Waals surface area contributed by atoms with Gasteiger partial charge in [-0.05, 0) is 29.7 Å². The highest BCUT2D eigenvalue weighted by Crippen LogP contribution is 2.19. The number of hydrogen-bond donors (Lipinski definition) is 2. The Morgan fingerprint density at radius 2 is 2.00 bits per heavy atom. The van der Waals surface area contributed by atoms with E-state index in [0.717, 1.165) is 11.0 Å². The van der Waals surface area contributed by atoms with Crippen molar-refractivity contribution in [1.29, 1.82) is 0 Å². The molecule has 0 aliphatic rings. The highest BCUT2D eigenvalue weighted by Gasteiger charge is 1.90. The Labute approximate surface area is 80.3 Å². The Balaban J connectivity index is 2.55. The maximum Gasteiger partial charge on any atom is 0.328 e. The van der Waals surface area contributed by atoms with Crippen molar-refractivity contribution in [3.05, 3.63) is 35.7 Å². The van der Waals surface area contributed by atoms with E-state index in [1.807, 2.05) is 12.1 Å². The molecule has 13 heavy (non-hydrogen) atoms. The molecule has 0 saturated heterocycles. The Bertz CT molecular complexity index is 319. The fourth-order valence-electron chi connectivity index (χ4n) is 0.717. The van der Waals surface area contributed by atoms with Crippen LogP contribution in [0.4, 0.5) is 5.69 Å². The van der Waals surface area contributed by atoms with Crippen molar-refractivity contribution >= 4 is 23.4 Å². The van der Waals surface area contributed by atoms with Gasteiger partial charge in [-0.2, -0.15) is 0 Å². The van der Waals surface area contributed by atoms with Crippen molar-refractivity contribution in [2.45, 2.75) is 4.90 Å². The normalized spacial score (nSPS) is 10.5. The average Bonchev–Trinajstić information content (AvgIpc) is 2.08. The summed E-state index contributed by atoms with van der Waals surface area (Å²) in [6, 6.07) is 7.23. The number of nitrogens with two attached hydrogens (primary N) is 1. The molecule has 0 heterocycles. The fourth-order valence-corrected chi connectivity index (χ4v) is 1.35. The van der Waals surface area contributed by atoms with Crippen LogP contribution in [0.25, 0.3) is 0 Å². The van der Waals surface area contributed by atoms with Crippen LogP contribution in [0.3, 0.4) is 0 Å². The van der Waals surface area contributed by atoms with Gasteiger partial charge in [0.05, 0.1) is 0 Å². The number of rotatable bonds is 3. The van der Waals surface area contributed by atoms with Gasteiger partial charge in [0.15, 0.2) is 0 Å². The van der Waals surface area contributed by atoms with Gasteiger partial charge in [-0.1, -0.05) is 11.8 Å². The van der Waals surface area contributed by atoms with Crippen molar-refractivity contribution in [3.8, 4) is 0 Å². The van der Waals surface area contributed by atoms with Crippen molar-refractivity contribution in [2.24, 2.45) is 0 Å². The maximum absolute atomic E-state index is 10.1. The standard InChI is InChI=1S/C9H9NO2S/c10-7-1-3-8(4-2-7)13-6-5-9(11)12/h1-6H,10H2,(H,11,12). The minimum Gasteiger partial charge on any atom is -0.478 e. The van der Waals surface area contributed by atoms with E-state index in [9.17, 15) is 4.79 Å². The number of carboxylic acid groups (broad SMARTS) is 1. The molecule has 0 unspecified atom stereocenters. The minimum atomic E-state index is -0.942. The summed E-state index contributed by atoms with van der Waals surface area (Å²) in [5.41, 5.74) is 6.18. The van der Waals surface area contributed by atoms with Gasteiger partial charge in [0, 0.05) is 16.7 Å². The van der Waals surface area contributed by atoms with Gasteiger partial charge < -0.3 is 10.8 Å². The second-order valence-corrected chi connectivity index (χ2v) is 3.31. The van der Waals surface area contributed by atoms with Crippen LogP contribution in [0.2, 0.25) is 0 Å². The predicted molar refractivity (Wildman–Crippen MR) is 53.5 cm³/mol. The van der Waals surface area contributed by atoms with Crippen molar-refractivity contribution in [1.82, 2.24) is 0 Å². The molecular weight excluding hydrogens is 186 g/mol. The van der Waals surface area contributed by atoms with E-state index < -0.39 is 5.97 Å². The van der Waals surface area contributed by atoms with Crippen LogP contribution in [-0.4, -0.2) is 11.1 Å². The van der Waals surface area contributed by atoms with Gasteiger partial charge in [-0.25, -0.2) is 4.79 Å². The molecule has 4 heteroatoms. The lowest BCUT2D eigenvalue weighted by Crippen LogP contribution is -1.84. The summed E-state index contributed by atoms with van der Waals surface area (Å²) < 4.78 is 0. The van der Waals surface area contributed by atoms with Gasteiger partial charge in [0.25, 0.3) is 0 Å². The number of anilines is 1. The van der Waals surface area contributed by atoms with Gasteiger partial charge >= 0.3 is 5.97 Å². The molecule has 0 fully saturated rings. The second kappa shape index (κ2) is 4.57. The lowest BCUT2D eigenvalue weighted by molar-refractivity contribution is -0.131. The Morgan fingerprint density at radius 3 is 2.54 bits per heavy atom. The molecule has 1 aromatic carbocycles. The molecule has 3 nitrogen and oxygen atoms in total. The summed E-state index contributed by atoms with van der Waals surface area (Å²) in [6.45, 7) is 0. The first-order valence-electron chi connectivity index (χ1n) is 3.60. The summed E-state index contributed by atoms with van der Waals surface area (Å²) in [6.07, 6.45) is 1.10. The average molecular weight is 195 g/mol. The first kappa shape index (κ1) is 9.67. The largest absolute Gasteiger partial charge is 0.478 e. The zero-order valence-electron chi connectivity index (χ0n) is 6.81. The van der Waals surface area contributed by atoms with Crippen LogP contribution in [0, 0.1) is 0 Å². The van der Waals surface area contributed by atoms with E-state index in [1.165, 1.54) is 17.2 Å². The molecule has 0 aliphatic carbocycles. The molecule has 0 atom stereocenters. The first-order valence-corrected chi connectivity index (χ1v) is 4.48. The van der Waals surface area contributed by atoms with Crippen molar-refractivity contribution in [2.75, 3.05) is 5.73 Å². The molecular formula is C9H9NO2S. The van der Waals surface area contributed by atoms with E-state index >= 15 is 0 Å². The Hall–Kier alpha value is -1.42. The second-order valence-electron chi connectivity index (χ2n) is 2.33. The Kier molecular flexibility index (Phi) is 3.40. The molecule has 0 aromatic heterocycles. The zero-order chi connectivity index (χ0) is 9.68. The molecule has 68 valence electrons. The van der Waals surface area contributed by atoms with Gasteiger partial charge in [0.1, 0.15) is 0 Å². The van der Waals surface area contributed by atoms with E-state index in [4.69, 9.17) is 10.8 Å². The molecule has 0 amide bonds. The molecule has 0 spiro atoms. The topological polar surface area (TPSA) is 63.3 Å². The summed E-state index contributed by atoms with van der Waals surface area (Å²) in [5.74, 6) is -0.942. The van der Waals surface area contributed by atoms with Crippen molar-refractivity contribution in [3.63, 3.8) is 0 Å². The summed E-state index contributed by atoms with van der Waals surface area (Å²) in [4.78, 5) is 11.1. The van der Waals surface area contributed by atoms with Crippen LogP contribution in [-0.2, 0) is 4.79 Å². The number of aliphatic carboxylic acids is 1. The van der Waals surface area contributed by atoms with Crippen LogP contribution >= 0.6 is 11.8 Å². The molecule has 0 bridgehead atoms. The number of nitrogen functional groups attached to an aromatic ring is 1. The molecule has 0 aliphatic heterocycles. The van der Waals surface area contributed by atoms with Gasteiger partial charge in [-0.3, -0.25) is 0 Å². The maximum atomic E-state index is 10.1. The monoisotopic (exact) mass is 195 g/mol. The number of thioether (sulfide) groups is 1. The summed E-state index contributed by atoms with van der Waals surface area (Å²) >= 11 is 1.34. The van der Waals surface area contributed by atoms with E-state index in [1.54, 1.807) is 12.1 Å². The molecule has 3 N–H and O–H groups in total. The van der Waals surface area contributed by atoms with E-state index in [0.29, 0.717) is 5.69 Å². The lowest BCUT2D eigenvalue weighted by atomic mass is 10.3. The van der Waals surface area contributed by atoms with Crippen LogP contribution < -0.4 is 5.73 Å². The third-order valence-corrected chi connectivity index (χ3v) is 2.11. The quantitative estimate of drug-likeness (QED) is 0.439. The number of carbonyl (C=O) groups is 1. The summed E-state index contributed by atoms with van der Waals surface area (Å²) in [5, 5.41) is 9.84. The number of hydrogen-bond acceptors (Lipinski definition) is 3. The third-order valence-electron chi connectivity index (χ3n) is 1.29. The Morgan fingerprint density at radius 1 is 1.38 bits per heavy atom. The first-order chi connectivity index (χ1) is 6.18. The van der Waals surface area contributed by atoms with E-state index in [-0.39, 0.29) is 0 Å². The number of benzene rings is 1. The van der Waals surface area contributed by atoms with Crippen LogP contribution in [0.1, 0.15) is 0 Å². The highest BCUT2D eigenvalue weighted by molar-refractivity contribution is 8.02. The van der Waals surface area contributed by atoms with Crippen LogP contribution in [0.5, 0.6) is 0 Å². The van der Waals surface area contributed by atoms with E-state index in [2.05, 4.69) is 0 Å². The number of carboxylic acids is 1. The van der Waals surface area contributed by atoms with Crippen LogP contribution in [0.15, 0.2) is 40.6 Å². The molecule has 1 rings (SSSR count). The molecule has 0 saturated carbocycles.